The fraction of sp³-hybridized carbons (Fsp3) is 0.467. The second-order valence-corrected chi connectivity index (χ2v) is 5.66. The monoisotopic (exact) mass is 301 g/mol. The molecule has 7 nitrogen and oxygen atoms in total. The molecule has 3 heterocycles. The van der Waals surface area contributed by atoms with Crippen LogP contribution in [0.4, 0.5) is 0 Å². The predicted molar refractivity (Wildman–Crippen MR) is 80.6 cm³/mol. The number of fused-ring (bicyclic) bond motifs is 1. The Kier molecular flexibility index (Phi) is 3.79. The van der Waals surface area contributed by atoms with Gasteiger partial charge < -0.3 is 5.32 Å². The Bertz CT molecular complexity index is 744. The summed E-state index contributed by atoms with van der Waals surface area (Å²) in [6, 6.07) is 3.64. The SMILES string of the molecule is Cc1ccc(C(=O)NC2CCc3nn(C)c(=O)n3CC2)cn1. The van der Waals surface area contributed by atoms with E-state index in [4.69, 9.17) is 0 Å². The highest BCUT2D eigenvalue weighted by Gasteiger charge is 2.21. The summed E-state index contributed by atoms with van der Waals surface area (Å²) in [7, 11) is 1.66. The van der Waals surface area contributed by atoms with Crippen LogP contribution in [0.15, 0.2) is 23.1 Å². The summed E-state index contributed by atoms with van der Waals surface area (Å²) in [5.74, 6) is 0.672. The Labute approximate surface area is 128 Å². The number of carbonyl (C=O) groups is 1. The van der Waals surface area contributed by atoms with Gasteiger partial charge >= 0.3 is 5.69 Å². The molecule has 3 rings (SSSR count). The largest absolute Gasteiger partial charge is 0.349 e. The van der Waals surface area contributed by atoms with E-state index in [9.17, 15) is 9.59 Å². The van der Waals surface area contributed by atoms with E-state index >= 15 is 0 Å². The van der Waals surface area contributed by atoms with Crippen LogP contribution in [0, 0.1) is 6.92 Å². The molecule has 1 N–H and O–H groups in total. The third kappa shape index (κ3) is 2.79. The highest BCUT2D eigenvalue weighted by Crippen LogP contribution is 2.12. The molecule has 0 aliphatic carbocycles. The number of nitrogens with zero attached hydrogens (tertiary/aromatic N) is 4. The van der Waals surface area contributed by atoms with Crippen molar-refractivity contribution in [3.05, 3.63) is 45.9 Å². The van der Waals surface area contributed by atoms with Crippen molar-refractivity contribution in [1.29, 1.82) is 0 Å². The molecule has 116 valence electrons. The van der Waals surface area contributed by atoms with E-state index in [1.807, 2.05) is 13.0 Å². The van der Waals surface area contributed by atoms with E-state index in [2.05, 4.69) is 15.4 Å². The van der Waals surface area contributed by atoms with Gasteiger partial charge in [0, 0.05) is 37.9 Å². The number of hydrogen-bond donors (Lipinski definition) is 1. The Morgan fingerprint density at radius 1 is 1.36 bits per heavy atom. The summed E-state index contributed by atoms with van der Waals surface area (Å²) in [6.07, 6.45) is 3.78. The molecular formula is C15H19N5O2. The summed E-state index contributed by atoms with van der Waals surface area (Å²) in [6.45, 7) is 2.47. The molecule has 2 aromatic heterocycles. The number of hydrogen-bond acceptors (Lipinski definition) is 4. The Morgan fingerprint density at radius 2 is 2.18 bits per heavy atom. The second-order valence-electron chi connectivity index (χ2n) is 5.66. The highest BCUT2D eigenvalue weighted by atomic mass is 16.2. The molecule has 1 atom stereocenters. The van der Waals surface area contributed by atoms with Gasteiger partial charge in [0.15, 0.2) is 0 Å². The fourth-order valence-corrected chi connectivity index (χ4v) is 2.71. The zero-order valence-corrected chi connectivity index (χ0v) is 12.7. The van der Waals surface area contributed by atoms with Crippen molar-refractivity contribution in [2.24, 2.45) is 7.05 Å². The van der Waals surface area contributed by atoms with Crippen LogP contribution in [-0.4, -0.2) is 31.3 Å². The number of nitrogens with one attached hydrogen (secondary N) is 1. The molecule has 7 heteroatoms. The molecule has 22 heavy (non-hydrogen) atoms. The lowest BCUT2D eigenvalue weighted by atomic mass is 10.1. The maximum atomic E-state index is 12.2. The normalized spacial score (nSPS) is 17.6. The van der Waals surface area contributed by atoms with E-state index < -0.39 is 0 Å². The molecular weight excluding hydrogens is 282 g/mol. The van der Waals surface area contributed by atoms with Crippen LogP contribution in [-0.2, 0) is 20.0 Å². The van der Waals surface area contributed by atoms with Gasteiger partial charge in [0.05, 0.1) is 5.56 Å². The highest BCUT2D eigenvalue weighted by molar-refractivity contribution is 5.94. The van der Waals surface area contributed by atoms with Crippen molar-refractivity contribution in [3.8, 4) is 0 Å². The van der Waals surface area contributed by atoms with Crippen LogP contribution >= 0.6 is 0 Å². The first kappa shape index (κ1) is 14.5. The second kappa shape index (κ2) is 5.75. The lowest BCUT2D eigenvalue weighted by molar-refractivity contribution is 0.0932. The number of aromatic nitrogens is 4. The van der Waals surface area contributed by atoms with Gasteiger partial charge in [-0.15, -0.1) is 0 Å². The van der Waals surface area contributed by atoms with E-state index in [1.165, 1.54) is 4.68 Å². The molecule has 0 radical (unpaired) electrons. The molecule has 1 amide bonds. The van der Waals surface area contributed by atoms with E-state index in [-0.39, 0.29) is 17.6 Å². The van der Waals surface area contributed by atoms with Crippen molar-refractivity contribution in [1.82, 2.24) is 24.6 Å². The van der Waals surface area contributed by atoms with E-state index in [0.717, 1.165) is 24.4 Å². The summed E-state index contributed by atoms with van der Waals surface area (Å²) >= 11 is 0. The molecule has 0 spiro atoms. The molecule has 1 aliphatic heterocycles. The lowest BCUT2D eigenvalue weighted by Gasteiger charge is -2.15. The molecule has 0 bridgehead atoms. The average Bonchev–Trinajstić information content (AvgIpc) is 2.66. The summed E-state index contributed by atoms with van der Waals surface area (Å²) in [5.41, 5.74) is 1.35. The van der Waals surface area contributed by atoms with Gasteiger partial charge in [-0.3, -0.25) is 14.3 Å². The molecule has 0 saturated carbocycles. The molecule has 1 unspecified atom stereocenters. The zero-order chi connectivity index (χ0) is 15.7. The maximum absolute atomic E-state index is 12.2. The van der Waals surface area contributed by atoms with Crippen LogP contribution in [0.2, 0.25) is 0 Å². The Balaban J connectivity index is 1.67. The van der Waals surface area contributed by atoms with Crippen LogP contribution < -0.4 is 11.0 Å². The Morgan fingerprint density at radius 3 is 2.91 bits per heavy atom. The van der Waals surface area contributed by atoms with Crippen LogP contribution in [0.25, 0.3) is 0 Å². The quantitative estimate of drug-likeness (QED) is 0.871. The topological polar surface area (TPSA) is 81.8 Å². The first-order valence-corrected chi connectivity index (χ1v) is 7.41. The van der Waals surface area contributed by atoms with Gasteiger partial charge in [-0.1, -0.05) is 0 Å². The minimum Gasteiger partial charge on any atom is -0.349 e. The van der Waals surface area contributed by atoms with Gasteiger partial charge in [-0.25, -0.2) is 9.48 Å². The molecule has 0 aromatic carbocycles. The van der Waals surface area contributed by atoms with Crippen LogP contribution in [0.3, 0.4) is 0 Å². The third-order valence-electron chi connectivity index (χ3n) is 4.01. The number of pyridine rings is 1. The van der Waals surface area contributed by atoms with Gasteiger partial charge in [0.2, 0.25) is 0 Å². The summed E-state index contributed by atoms with van der Waals surface area (Å²) in [5, 5.41) is 7.26. The molecule has 0 saturated heterocycles. The number of amides is 1. The lowest BCUT2D eigenvalue weighted by Crippen LogP contribution is -2.35. The van der Waals surface area contributed by atoms with Crippen molar-refractivity contribution in [2.45, 2.75) is 38.8 Å². The van der Waals surface area contributed by atoms with Gasteiger partial charge in [-0.05, 0) is 31.9 Å². The number of carbonyl (C=O) groups excluding carboxylic acids is 1. The van der Waals surface area contributed by atoms with Gasteiger partial charge in [0.25, 0.3) is 5.91 Å². The minimum atomic E-state index is -0.120. The minimum absolute atomic E-state index is 0.0419. The van der Waals surface area contributed by atoms with E-state index in [0.29, 0.717) is 18.5 Å². The molecule has 1 aliphatic rings. The first-order valence-electron chi connectivity index (χ1n) is 7.41. The smallest absolute Gasteiger partial charge is 0.345 e. The first-order chi connectivity index (χ1) is 10.5. The van der Waals surface area contributed by atoms with Gasteiger partial charge in [-0.2, -0.15) is 5.10 Å². The standard InChI is InChI=1S/C15H19N5O2/c1-10-3-4-11(9-16-10)14(21)17-12-5-6-13-18-19(2)15(22)20(13)8-7-12/h3-4,9,12H,5-8H2,1-2H3,(H,17,21). The van der Waals surface area contributed by atoms with Crippen molar-refractivity contribution >= 4 is 5.91 Å². The predicted octanol–water partition coefficient (Wildman–Crippen LogP) is 0.420. The van der Waals surface area contributed by atoms with Crippen LogP contribution in [0.5, 0.6) is 0 Å². The maximum Gasteiger partial charge on any atom is 0.345 e. The fourth-order valence-electron chi connectivity index (χ4n) is 2.71. The summed E-state index contributed by atoms with van der Waals surface area (Å²) in [4.78, 5) is 28.3. The summed E-state index contributed by atoms with van der Waals surface area (Å²) < 4.78 is 3.06. The Hall–Kier alpha value is -2.44. The molecule has 2 aromatic rings. The molecule has 0 fully saturated rings. The van der Waals surface area contributed by atoms with Crippen LogP contribution in [0.1, 0.15) is 34.7 Å². The van der Waals surface area contributed by atoms with Crippen molar-refractivity contribution < 1.29 is 4.79 Å². The van der Waals surface area contributed by atoms with Gasteiger partial charge in [0.1, 0.15) is 5.82 Å². The zero-order valence-electron chi connectivity index (χ0n) is 12.7. The van der Waals surface area contributed by atoms with Crippen molar-refractivity contribution in [3.63, 3.8) is 0 Å². The van der Waals surface area contributed by atoms with E-state index in [1.54, 1.807) is 23.9 Å². The number of aryl methyl sites for hydroxylation is 3. The third-order valence-corrected chi connectivity index (χ3v) is 4.01. The average molecular weight is 301 g/mol. The number of rotatable bonds is 2. The van der Waals surface area contributed by atoms with Crippen molar-refractivity contribution in [2.75, 3.05) is 0 Å².